The molecule has 4 heteroatoms. The fourth-order valence-corrected chi connectivity index (χ4v) is 1.27. The maximum atomic E-state index is 12.7. The molecule has 1 rings (SSSR count). The van der Waals surface area contributed by atoms with E-state index in [0.29, 0.717) is 6.54 Å². The van der Waals surface area contributed by atoms with Gasteiger partial charge in [-0.1, -0.05) is 12.1 Å². The summed E-state index contributed by atoms with van der Waals surface area (Å²) in [6.07, 6.45) is 0. The molecule has 16 heavy (non-hydrogen) atoms. The Balaban J connectivity index is 2.65. The second-order valence-corrected chi connectivity index (χ2v) is 3.69. The van der Waals surface area contributed by atoms with E-state index < -0.39 is 0 Å². The zero-order valence-corrected chi connectivity index (χ0v) is 10.00. The molecule has 0 saturated carbocycles. The van der Waals surface area contributed by atoms with Gasteiger partial charge in [-0.15, -0.1) is 0 Å². The van der Waals surface area contributed by atoms with Gasteiger partial charge >= 0.3 is 0 Å². The Morgan fingerprint density at radius 2 is 1.94 bits per heavy atom. The van der Waals surface area contributed by atoms with Crippen LogP contribution in [-0.2, 0) is 6.54 Å². The predicted octanol–water partition coefficient (Wildman–Crippen LogP) is 1.85. The van der Waals surface area contributed by atoms with E-state index in [1.54, 1.807) is 12.1 Å². The fourth-order valence-electron chi connectivity index (χ4n) is 1.27. The Labute approximate surface area is 96.0 Å². The highest BCUT2D eigenvalue weighted by molar-refractivity contribution is 5.79. The van der Waals surface area contributed by atoms with Crippen molar-refractivity contribution in [3.05, 3.63) is 35.6 Å². The molecule has 0 fully saturated rings. The molecule has 0 radical (unpaired) electrons. The van der Waals surface area contributed by atoms with E-state index >= 15 is 0 Å². The third kappa shape index (κ3) is 3.88. The molecule has 0 aliphatic heterocycles. The predicted molar refractivity (Wildman–Crippen MR) is 64.9 cm³/mol. The highest BCUT2D eigenvalue weighted by Crippen LogP contribution is 2.04. The van der Waals surface area contributed by atoms with Crippen LogP contribution in [0.1, 0.15) is 12.5 Å². The number of rotatable bonds is 3. The van der Waals surface area contributed by atoms with E-state index in [2.05, 4.69) is 10.3 Å². The molecule has 0 atom stereocenters. The Morgan fingerprint density at radius 3 is 2.44 bits per heavy atom. The van der Waals surface area contributed by atoms with Crippen LogP contribution < -0.4 is 5.32 Å². The first-order chi connectivity index (χ1) is 7.63. The van der Waals surface area contributed by atoms with Crippen LogP contribution >= 0.6 is 0 Å². The van der Waals surface area contributed by atoms with Crippen LogP contribution in [-0.4, -0.2) is 31.5 Å². The van der Waals surface area contributed by atoms with Crippen molar-refractivity contribution in [3.63, 3.8) is 0 Å². The minimum absolute atomic E-state index is 0.216. The molecular formula is C12H18FN3. The molecule has 1 aromatic carbocycles. The van der Waals surface area contributed by atoms with Crippen molar-refractivity contribution in [2.75, 3.05) is 20.6 Å². The number of aliphatic imine (C=N–C) groups is 1. The highest BCUT2D eigenvalue weighted by atomic mass is 19.1. The molecule has 0 aliphatic rings. The van der Waals surface area contributed by atoms with Crippen LogP contribution in [0, 0.1) is 5.82 Å². The monoisotopic (exact) mass is 223 g/mol. The lowest BCUT2D eigenvalue weighted by Crippen LogP contribution is -2.36. The van der Waals surface area contributed by atoms with Crippen molar-refractivity contribution in [3.8, 4) is 0 Å². The second kappa shape index (κ2) is 6.10. The smallest absolute Gasteiger partial charge is 0.193 e. The average molecular weight is 223 g/mol. The number of benzene rings is 1. The van der Waals surface area contributed by atoms with Crippen LogP contribution in [0.4, 0.5) is 4.39 Å². The van der Waals surface area contributed by atoms with Gasteiger partial charge in [0.1, 0.15) is 5.82 Å². The number of halogens is 1. The Kier molecular flexibility index (Phi) is 4.76. The van der Waals surface area contributed by atoms with Crippen molar-refractivity contribution in [1.82, 2.24) is 10.2 Å². The van der Waals surface area contributed by atoms with Gasteiger partial charge in [-0.2, -0.15) is 0 Å². The summed E-state index contributed by atoms with van der Waals surface area (Å²) in [5.74, 6) is 0.624. The van der Waals surface area contributed by atoms with Crippen LogP contribution in [0.25, 0.3) is 0 Å². The first-order valence-corrected chi connectivity index (χ1v) is 5.33. The summed E-state index contributed by atoms with van der Waals surface area (Å²) in [5, 5.41) is 3.17. The molecule has 0 bridgehead atoms. The van der Waals surface area contributed by atoms with E-state index in [-0.39, 0.29) is 5.82 Å². The molecule has 0 spiro atoms. The summed E-state index contributed by atoms with van der Waals surface area (Å²) in [7, 11) is 3.87. The summed E-state index contributed by atoms with van der Waals surface area (Å²) in [5.41, 5.74) is 0.999. The normalized spacial score (nSPS) is 11.4. The largest absolute Gasteiger partial charge is 0.357 e. The number of nitrogens with one attached hydrogen (secondary N) is 1. The SMILES string of the molecule is CCNC(=NCc1ccc(F)cc1)N(C)C. The van der Waals surface area contributed by atoms with Gasteiger partial charge in [-0.25, -0.2) is 9.38 Å². The quantitative estimate of drug-likeness (QED) is 0.625. The van der Waals surface area contributed by atoms with Crippen LogP contribution in [0.2, 0.25) is 0 Å². The molecule has 1 N–H and O–H groups in total. The van der Waals surface area contributed by atoms with Crippen molar-refractivity contribution in [2.45, 2.75) is 13.5 Å². The van der Waals surface area contributed by atoms with Crippen LogP contribution in [0.3, 0.4) is 0 Å². The molecule has 0 amide bonds. The molecule has 0 unspecified atom stereocenters. The van der Waals surface area contributed by atoms with Gasteiger partial charge < -0.3 is 10.2 Å². The van der Waals surface area contributed by atoms with Gasteiger partial charge in [0.15, 0.2) is 5.96 Å². The summed E-state index contributed by atoms with van der Waals surface area (Å²) >= 11 is 0. The van der Waals surface area contributed by atoms with Crippen LogP contribution in [0.15, 0.2) is 29.3 Å². The lowest BCUT2D eigenvalue weighted by Gasteiger charge is -2.16. The van der Waals surface area contributed by atoms with E-state index in [1.807, 2.05) is 25.9 Å². The van der Waals surface area contributed by atoms with Crippen LogP contribution in [0.5, 0.6) is 0 Å². The standard InChI is InChI=1S/C12H18FN3/c1-4-14-12(16(2)3)15-9-10-5-7-11(13)8-6-10/h5-8H,4,9H2,1-3H3,(H,14,15). The highest BCUT2D eigenvalue weighted by Gasteiger charge is 1.99. The van der Waals surface area contributed by atoms with Crippen molar-refractivity contribution in [2.24, 2.45) is 4.99 Å². The van der Waals surface area contributed by atoms with Gasteiger partial charge in [0.25, 0.3) is 0 Å². The van der Waals surface area contributed by atoms with E-state index in [0.717, 1.165) is 18.1 Å². The maximum absolute atomic E-state index is 12.7. The topological polar surface area (TPSA) is 27.6 Å². The van der Waals surface area contributed by atoms with Gasteiger partial charge in [0.05, 0.1) is 6.54 Å². The third-order valence-electron chi connectivity index (χ3n) is 2.08. The van der Waals surface area contributed by atoms with E-state index in [4.69, 9.17) is 0 Å². The maximum Gasteiger partial charge on any atom is 0.193 e. The number of hydrogen-bond acceptors (Lipinski definition) is 1. The Bertz CT molecular complexity index is 344. The first kappa shape index (κ1) is 12.5. The van der Waals surface area contributed by atoms with Crippen molar-refractivity contribution in [1.29, 1.82) is 0 Å². The fraction of sp³-hybridized carbons (Fsp3) is 0.417. The number of hydrogen-bond donors (Lipinski definition) is 1. The molecule has 0 saturated heterocycles. The lowest BCUT2D eigenvalue weighted by molar-refractivity contribution is 0.583. The van der Waals surface area contributed by atoms with E-state index in [1.165, 1.54) is 12.1 Å². The van der Waals surface area contributed by atoms with Gasteiger partial charge in [-0.05, 0) is 24.6 Å². The summed E-state index contributed by atoms with van der Waals surface area (Å²) < 4.78 is 12.7. The third-order valence-corrected chi connectivity index (χ3v) is 2.08. The summed E-state index contributed by atoms with van der Waals surface area (Å²) in [6, 6.07) is 6.40. The molecule has 3 nitrogen and oxygen atoms in total. The van der Waals surface area contributed by atoms with Gasteiger partial charge in [0, 0.05) is 20.6 Å². The van der Waals surface area contributed by atoms with Gasteiger partial charge in [-0.3, -0.25) is 0 Å². The average Bonchev–Trinajstić information content (AvgIpc) is 2.26. The molecule has 0 aliphatic carbocycles. The number of guanidine groups is 1. The van der Waals surface area contributed by atoms with Crippen molar-refractivity contribution < 1.29 is 4.39 Å². The Hall–Kier alpha value is -1.58. The second-order valence-electron chi connectivity index (χ2n) is 3.69. The molecular weight excluding hydrogens is 205 g/mol. The number of nitrogens with zero attached hydrogens (tertiary/aromatic N) is 2. The lowest BCUT2D eigenvalue weighted by atomic mass is 10.2. The molecule has 88 valence electrons. The zero-order chi connectivity index (χ0) is 12.0. The zero-order valence-electron chi connectivity index (χ0n) is 10.00. The molecule has 0 aromatic heterocycles. The van der Waals surface area contributed by atoms with Crippen molar-refractivity contribution >= 4 is 5.96 Å². The molecule has 1 aromatic rings. The first-order valence-electron chi connectivity index (χ1n) is 5.33. The molecule has 0 heterocycles. The summed E-state index contributed by atoms with van der Waals surface area (Å²) in [4.78, 5) is 6.35. The Morgan fingerprint density at radius 1 is 1.31 bits per heavy atom. The minimum Gasteiger partial charge on any atom is -0.357 e. The minimum atomic E-state index is -0.216. The van der Waals surface area contributed by atoms with E-state index in [9.17, 15) is 4.39 Å². The van der Waals surface area contributed by atoms with Gasteiger partial charge in [0.2, 0.25) is 0 Å². The summed E-state index contributed by atoms with van der Waals surface area (Å²) in [6.45, 7) is 3.41.